The molecule has 190 valence electrons. The summed E-state index contributed by atoms with van der Waals surface area (Å²) < 4.78 is 2.26. The number of benzene rings is 4. The Balaban J connectivity index is 1.41. The molecular weight excluding hydrogens is 502 g/mol. The molecule has 0 aliphatic heterocycles. The maximum atomic E-state index is 9.26. The molecule has 0 atom stereocenters. The molecule has 4 aromatic heterocycles. The number of nitriles is 1. The van der Waals surface area contributed by atoms with Crippen LogP contribution in [0.3, 0.4) is 0 Å². The first kappa shape index (κ1) is 23.1. The quantitative estimate of drug-likeness (QED) is 0.218. The first-order valence-corrected chi connectivity index (χ1v) is 13.4. The zero-order valence-electron chi connectivity index (χ0n) is 21.9. The Kier molecular flexibility index (Phi) is 5.13. The first-order valence-electron chi connectivity index (χ1n) is 13.4. The third kappa shape index (κ3) is 3.74. The number of hydrogen-bond acceptors (Lipinski definition) is 4. The SMILES string of the molecule is N#Cc1ccc(-c2ccc3c(c2)c2cc(-c4cccc(-c5ccccn5)n4)ccc2c2nc4ccccc4n32)cc1. The molecule has 5 nitrogen and oxygen atoms in total. The molecule has 0 aliphatic rings. The van der Waals surface area contributed by atoms with E-state index < -0.39 is 0 Å². The summed E-state index contributed by atoms with van der Waals surface area (Å²) in [5, 5.41) is 12.6. The summed E-state index contributed by atoms with van der Waals surface area (Å²) in [6, 6.07) is 43.2. The van der Waals surface area contributed by atoms with Crippen LogP contribution in [0.2, 0.25) is 0 Å². The summed E-state index contributed by atoms with van der Waals surface area (Å²) >= 11 is 0. The summed E-state index contributed by atoms with van der Waals surface area (Å²) in [5.41, 5.74) is 10.5. The van der Waals surface area contributed by atoms with E-state index in [-0.39, 0.29) is 0 Å². The van der Waals surface area contributed by atoms with Crippen molar-refractivity contribution in [3.05, 3.63) is 133 Å². The predicted molar refractivity (Wildman–Crippen MR) is 164 cm³/mol. The number of rotatable bonds is 3. The van der Waals surface area contributed by atoms with Crippen molar-refractivity contribution in [1.29, 1.82) is 5.26 Å². The maximum Gasteiger partial charge on any atom is 0.146 e. The van der Waals surface area contributed by atoms with Crippen molar-refractivity contribution < 1.29 is 0 Å². The summed E-state index contributed by atoms with van der Waals surface area (Å²) in [6.07, 6.45) is 1.79. The van der Waals surface area contributed by atoms with E-state index >= 15 is 0 Å². The highest BCUT2D eigenvalue weighted by Gasteiger charge is 2.16. The van der Waals surface area contributed by atoms with Crippen molar-refractivity contribution in [2.24, 2.45) is 0 Å². The van der Waals surface area contributed by atoms with Gasteiger partial charge in [-0.2, -0.15) is 5.26 Å². The predicted octanol–water partition coefficient (Wildman–Crippen LogP) is 8.46. The normalized spacial score (nSPS) is 11.4. The molecule has 0 spiro atoms. The summed E-state index contributed by atoms with van der Waals surface area (Å²) in [7, 11) is 0. The molecule has 0 aliphatic carbocycles. The van der Waals surface area contributed by atoms with E-state index in [1.54, 1.807) is 6.20 Å². The van der Waals surface area contributed by atoms with Gasteiger partial charge in [-0.1, -0.05) is 48.5 Å². The smallest absolute Gasteiger partial charge is 0.146 e. The maximum absolute atomic E-state index is 9.26. The molecule has 8 rings (SSSR count). The van der Waals surface area contributed by atoms with Gasteiger partial charge in [0.1, 0.15) is 5.65 Å². The van der Waals surface area contributed by atoms with Crippen LogP contribution in [0, 0.1) is 11.3 Å². The largest absolute Gasteiger partial charge is 0.292 e. The fourth-order valence-corrected chi connectivity index (χ4v) is 5.69. The molecule has 0 amide bonds. The average Bonchev–Trinajstić information content (AvgIpc) is 3.45. The third-order valence-electron chi connectivity index (χ3n) is 7.67. The van der Waals surface area contributed by atoms with E-state index in [1.165, 1.54) is 0 Å². The lowest BCUT2D eigenvalue weighted by Gasteiger charge is -2.13. The van der Waals surface area contributed by atoms with Crippen molar-refractivity contribution in [3.8, 4) is 39.8 Å². The Morgan fingerprint density at radius 1 is 0.537 bits per heavy atom. The van der Waals surface area contributed by atoms with Crippen LogP contribution in [0.4, 0.5) is 0 Å². The highest BCUT2D eigenvalue weighted by atomic mass is 15.0. The summed E-state index contributed by atoms with van der Waals surface area (Å²) in [5.74, 6) is 0. The highest BCUT2D eigenvalue weighted by molar-refractivity contribution is 6.15. The molecule has 41 heavy (non-hydrogen) atoms. The van der Waals surface area contributed by atoms with Gasteiger partial charge in [0.05, 0.1) is 45.3 Å². The summed E-state index contributed by atoms with van der Waals surface area (Å²) in [4.78, 5) is 14.5. The Bertz CT molecular complexity index is 2310. The molecule has 0 radical (unpaired) electrons. The van der Waals surface area contributed by atoms with E-state index in [4.69, 9.17) is 9.97 Å². The molecule has 0 fully saturated rings. The highest BCUT2D eigenvalue weighted by Crippen LogP contribution is 2.37. The second kappa shape index (κ2) is 9.11. The topological polar surface area (TPSA) is 66.9 Å². The van der Waals surface area contributed by atoms with Gasteiger partial charge in [0, 0.05) is 22.5 Å². The van der Waals surface area contributed by atoms with Crippen molar-refractivity contribution >= 4 is 38.4 Å². The lowest BCUT2D eigenvalue weighted by Crippen LogP contribution is -1.94. The minimum absolute atomic E-state index is 0.650. The van der Waals surface area contributed by atoms with E-state index in [2.05, 4.69) is 70.1 Å². The van der Waals surface area contributed by atoms with Gasteiger partial charge in [-0.25, -0.2) is 9.97 Å². The van der Waals surface area contributed by atoms with Crippen LogP contribution >= 0.6 is 0 Å². The second-order valence-electron chi connectivity index (χ2n) is 10.1. The first-order chi connectivity index (χ1) is 20.3. The van der Waals surface area contributed by atoms with E-state index in [0.717, 1.165) is 72.1 Å². The number of hydrogen-bond donors (Lipinski definition) is 0. The van der Waals surface area contributed by atoms with Crippen molar-refractivity contribution in [3.63, 3.8) is 0 Å². The van der Waals surface area contributed by atoms with Gasteiger partial charge in [0.2, 0.25) is 0 Å². The van der Waals surface area contributed by atoms with Gasteiger partial charge >= 0.3 is 0 Å². The van der Waals surface area contributed by atoms with E-state index in [0.29, 0.717) is 5.56 Å². The van der Waals surface area contributed by atoms with Crippen LogP contribution in [0.15, 0.2) is 128 Å². The fraction of sp³-hybridized carbons (Fsp3) is 0. The second-order valence-corrected chi connectivity index (χ2v) is 10.1. The van der Waals surface area contributed by atoms with Gasteiger partial charge in [-0.05, 0) is 89.3 Å². The number of pyridine rings is 3. The van der Waals surface area contributed by atoms with Gasteiger partial charge in [0.15, 0.2) is 0 Å². The molecule has 5 heteroatoms. The lowest BCUT2D eigenvalue weighted by atomic mass is 9.97. The van der Waals surface area contributed by atoms with Crippen molar-refractivity contribution in [2.75, 3.05) is 0 Å². The van der Waals surface area contributed by atoms with E-state index in [9.17, 15) is 5.26 Å². The van der Waals surface area contributed by atoms with Crippen LogP contribution < -0.4 is 0 Å². The Morgan fingerprint density at radius 3 is 2.15 bits per heavy atom. The van der Waals surface area contributed by atoms with Crippen LogP contribution in [0.25, 0.3) is 72.1 Å². The standard InChI is InChI=1S/C36H21N5/c37-22-23-11-13-24(14-12-23)25-16-18-34-29(20-25)28-21-26(30-8-5-9-32(39-30)31-6-3-4-19-38-31)15-17-27(28)36-40-33-7-1-2-10-35(33)41(34)36/h1-21H. The number of para-hydroxylation sites is 2. The monoisotopic (exact) mass is 523 g/mol. The molecule has 4 aromatic carbocycles. The molecule has 0 saturated carbocycles. The van der Waals surface area contributed by atoms with Gasteiger partial charge in [-0.3, -0.25) is 9.38 Å². The minimum Gasteiger partial charge on any atom is -0.292 e. The molecule has 0 unspecified atom stereocenters. The third-order valence-corrected chi connectivity index (χ3v) is 7.67. The molecule has 0 N–H and O–H groups in total. The minimum atomic E-state index is 0.650. The number of nitrogens with zero attached hydrogens (tertiary/aromatic N) is 5. The number of aromatic nitrogens is 4. The van der Waals surface area contributed by atoms with Crippen molar-refractivity contribution in [1.82, 2.24) is 19.4 Å². The molecule has 8 aromatic rings. The van der Waals surface area contributed by atoms with E-state index in [1.807, 2.05) is 66.7 Å². The zero-order valence-corrected chi connectivity index (χ0v) is 21.9. The number of fused-ring (bicyclic) bond motifs is 8. The van der Waals surface area contributed by atoms with Crippen LogP contribution in [-0.4, -0.2) is 19.4 Å². The molecule has 0 bridgehead atoms. The Labute approximate surface area is 235 Å². The number of imidazole rings is 1. The molecule has 0 saturated heterocycles. The fourth-order valence-electron chi connectivity index (χ4n) is 5.69. The van der Waals surface area contributed by atoms with Gasteiger partial charge in [-0.15, -0.1) is 0 Å². The van der Waals surface area contributed by atoms with Gasteiger partial charge < -0.3 is 0 Å². The average molecular weight is 524 g/mol. The van der Waals surface area contributed by atoms with Gasteiger partial charge in [0.25, 0.3) is 0 Å². The Morgan fingerprint density at radius 2 is 1.29 bits per heavy atom. The molecule has 4 heterocycles. The summed E-state index contributed by atoms with van der Waals surface area (Å²) in [6.45, 7) is 0. The zero-order chi connectivity index (χ0) is 27.3. The van der Waals surface area contributed by atoms with Crippen molar-refractivity contribution in [2.45, 2.75) is 0 Å². The van der Waals surface area contributed by atoms with Crippen LogP contribution in [0.1, 0.15) is 5.56 Å². The lowest BCUT2D eigenvalue weighted by molar-refractivity contribution is 1.25. The molecular formula is C36H21N5. The van der Waals surface area contributed by atoms with Crippen LogP contribution in [0.5, 0.6) is 0 Å². The van der Waals surface area contributed by atoms with Crippen LogP contribution in [-0.2, 0) is 0 Å². The Hall–Kier alpha value is -5.86.